The molecule has 0 aliphatic carbocycles. The van der Waals surface area contributed by atoms with Crippen LogP contribution in [0.4, 0.5) is 0 Å². The van der Waals surface area contributed by atoms with Crippen molar-refractivity contribution in [2.24, 2.45) is 0 Å². The number of aromatic nitrogens is 5. The summed E-state index contributed by atoms with van der Waals surface area (Å²) in [6.45, 7) is 2.84. The second kappa shape index (κ2) is 9.65. The third-order valence-electron chi connectivity index (χ3n) is 4.73. The van der Waals surface area contributed by atoms with Crippen molar-refractivity contribution < 1.29 is 13.9 Å². The minimum atomic E-state index is 0.516. The highest BCUT2D eigenvalue weighted by molar-refractivity contribution is 7.98. The molecule has 0 aliphatic rings. The molecule has 0 atom stereocenters. The van der Waals surface area contributed by atoms with Crippen LogP contribution in [0.15, 0.2) is 58.1 Å². The maximum Gasteiger partial charge on any atom is 0.247 e. The summed E-state index contributed by atoms with van der Waals surface area (Å²) in [7, 11) is 3.26. The quantitative estimate of drug-likeness (QED) is 0.359. The van der Waals surface area contributed by atoms with Gasteiger partial charge in [-0.1, -0.05) is 36.0 Å². The lowest BCUT2D eigenvalue weighted by atomic mass is 10.1. The van der Waals surface area contributed by atoms with Crippen molar-refractivity contribution in [1.29, 1.82) is 0 Å². The second-order valence-corrected chi connectivity index (χ2v) is 7.61. The van der Waals surface area contributed by atoms with Crippen LogP contribution in [0.25, 0.3) is 11.5 Å². The lowest BCUT2D eigenvalue weighted by Gasteiger charge is -2.10. The van der Waals surface area contributed by atoms with Crippen LogP contribution in [0.1, 0.15) is 24.2 Å². The molecule has 0 saturated heterocycles. The molecule has 31 heavy (non-hydrogen) atoms. The summed E-state index contributed by atoms with van der Waals surface area (Å²) in [5.41, 5.74) is 1.97. The average Bonchev–Trinajstić information content (AvgIpc) is 3.45. The Hall–Kier alpha value is -3.33. The zero-order chi connectivity index (χ0) is 21.6. The van der Waals surface area contributed by atoms with Crippen molar-refractivity contribution in [3.8, 4) is 23.0 Å². The van der Waals surface area contributed by atoms with Gasteiger partial charge in [0.25, 0.3) is 0 Å². The first-order valence-corrected chi connectivity index (χ1v) is 10.8. The van der Waals surface area contributed by atoms with Crippen LogP contribution >= 0.6 is 11.8 Å². The van der Waals surface area contributed by atoms with Crippen LogP contribution in [0, 0.1) is 0 Å². The Kier molecular flexibility index (Phi) is 6.51. The number of hydrogen-bond donors (Lipinski definition) is 0. The largest absolute Gasteiger partial charge is 0.493 e. The first-order chi connectivity index (χ1) is 15.2. The second-order valence-electron chi connectivity index (χ2n) is 6.66. The molecule has 2 aromatic heterocycles. The van der Waals surface area contributed by atoms with Gasteiger partial charge in [-0.25, -0.2) is 0 Å². The molecule has 0 N–H and O–H groups in total. The summed E-state index contributed by atoms with van der Waals surface area (Å²) in [6.07, 6.45) is 0.639. The molecule has 2 aromatic carbocycles. The molecule has 9 heteroatoms. The van der Waals surface area contributed by atoms with Gasteiger partial charge < -0.3 is 18.5 Å². The summed E-state index contributed by atoms with van der Waals surface area (Å²) in [5, 5.41) is 17.9. The van der Waals surface area contributed by atoms with E-state index in [9.17, 15) is 0 Å². The monoisotopic (exact) mass is 437 g/mol. The molecule has 0 saturated carbocycles. The van der Waals surface area contributed by atoms with E-state index in [1.165, 1.54) is 11.8 Å². The lowest BCUT2D eigenvalue weighted by molar-refractivity contribution is 0.354. The Bertz CT molecular complexity index is 1140. The van der Waals surface area contributed by atoms with E-state index >= 15 is 0 Å². The van der Waals surface area contributed by atoms with Crippen molar-refractivity contribution in [3.63, 3.8) is 0 Å². The van der Waals surface area contributed by atoms with Gasteiger partial charge in [0.1, 0.15) is 5.82 Å². The van der Waals surface area contributed by atoms with E-state index in [4.69, 9.17) is 13.9 Å². The van der Waals surface area contributed by atoms with Gasteiger partial charge in [0, 0.05) is 18.5 Å². The van der Waals surface area contributed by atoms with E-state index < -0.39 is 0 Å². The summed E-state index contributed by atoms with van der Waals surface area (Å²) in [5.74, 6) is 3.87. The van der Waals surface area contributed by atoms with Crippen molar-refractivity contribution in [2.45, 2.75) is 30.8 Å². The Labute approximate surface area is 184 Å². The molecule has 160 valence electrons. The molecule has 0 unspecified atom stereocenters. The summed E-state index contributed by atoms with van der Waals surface area (Å²) in [6, 6.07) is 15.6. The summed E-state index contributed by atoms with van der Waals surface area (Å²) in [4.78, 5) is 0. The van der Waals surface area contributed by atoms with E-state index in [-0.39, 0.29) is 0 Å². The van der Waals surface area contributed by atoms with Crippen LogP contribution < -0.4 is 9.47 Å². The Morgan fingerprint density at radius 2 is 1.74 bits per heavy atom. The normalized spacial score (nSPS) is 10.9. The predicted octanol–water partition coefficient (Wildman–Crippen LogP) is 4.25. The van der Waals surface area contributed by atoms with Gasteiger partial charge in [-0.3, -0.25) is 0 Å². The smallest absolute Gasteiger partial charge is 0.247 e. The van der Waals surface area contributed by atoms with Gasteiger partial charge in [0.2, 0.25) is 11.8 Å². The molecular formula is C22H23N5O3S. The molecule has 2 heterocycles. The molecule has 0 bridgehead atoms. The average molecular weight is 438 g/mol. The highest BCUT2D eigenvalue weighted by Gasteiger charge is 2.15. The van der Waals surface area contributed by atoms with Crippen LogP contribution in [-0.2, 0) is 18.7 Å². The number of thioether (sulfide) groups is 1. The van der Waals surface area contributed by atoms with Crippen LogP contribution in [0.5, 0.6) is 11.5 Å². The SMILES string of the molecule is CCn1c(Cc2ccc(OC)c(OC)c2)nnc1SCc1nnc(-c2ccccc2)o1. The number of benzene rings is 2. The Balaban J connectivity index is 1.46. The van der Waals surface area contributed by atoms with Gasteiger partial charge >= 0.3 is 0 Å². The molecule has 4 rings (SSSR count). The molecule has 4 aromatic rings. The fourth-order valence-corrected chi connectivity index (χ4v) is 4.04. The number of hydrogen-bond acceptors (Lipinski definition) is 8. The Morgan fingerprint density at radius 1 is 0.935 bits per heavy atom. The highest BCUT2D eigenvalue weighted by Crippen LogP contribution is 2.29. The van der Waals surface area contributed by atoms with Gasteiger partial charge in [-0.15, -0.1) is 20.4 Å². The van der Waals surface area contributed by atoms with Gasteiger partial charge in [-0.05, 0) is 36.8 Å². The first-order valence-electron chi connectivity index (χ1n) is 9.85. The number of methoxy groups -OCH3 is 2. The zero-order valence-corrected chi connectivity index (χ0v) is 18.4. The number of ether oxygens (including phenoxy) is 2. The van der Waals surface area contributed by atoms with Crippen molar-refractivity contribution in [2.75, 3.05) is 14.2 Å². The number of rotatable bonds is 9. The van der Waals surface area contributed by atoms with Crippen molar-refractivity contribution in [3.05, 3.63) is 65.8 Å². The van der Waals surface area contributed by atoms with Crippen LogP contribution in [0.3, 0.4) is 0 Å². The minimum Gasteiger partial charge on any atom is -0.493 e. The lowest BCUT2D eigenvalue weighted by Crippen LogP contribution is -2.04. The zero-order valence-electron chi connectivity index (χ0n) is 17.6. The van der Waals surface area contributed by atoms with Gasteiger partial charge in [0.05, 0.1) is 20.0 Å². The van der Waals surface area contributed by atoms with E-state index in [0.29, 0.717) is 35.5 Å². The third kappa shape index (κ3) is 4.72. The maximum atomic E-state index is 5.79. The van der Waals surface area contributed by atoms with E-state index in [0.717, 1.165) is 28.7 Å². The van der Waals surface area contributed by atoms with Gasteiger partial charge in [-0.2, -0.15) is 0 Å². The molecule has 0 aliphatic heterocycles. The molecule has 0 amide bonds. The van der Waals surface area contributed by atoms with Crippen LogP contribution in [0.2, 0.25) is 0 Å². The van der Waals surface area contributed by atoms with E-state index in [1.54, 1.807) is 14.2 Å². The molecular weight excluding hydrogens is 414 g/mol. The molecule has 0 radical (unpaired) electrons. The van der Waals surface area contributed by atoms with E-state index in [1.807, 2.05) is 48.5 Å². The maximum absolute atomic E-state index is 5.79. The Morgan fingerprint density at radius 3 is 2.48 bits per heavy atom. The van der Waals surface area contributed by atoms with Gasteiger partial charge in [0.15, 0.2) is 16.7 Å². The van der Waals surface area contributed by atoms with Crippen molar-refractivity contribution in [1.82, 2.24) is 25.0 Å². The van der Waals surface area contributed by atoms with Crippen molar-refractivity contribution >= 4 is 11.8 Å². The topological polar surface area (TPSA) is 88.1 Å². The highest BCUT2D eigenvalue weighted by atomic mass is 32.2. The minimum absolute atomic E-state index is 0.516. The standard InChI is InChI=1S/C22H23N5O3S/c1-4-27-19(13-15-10-11-17(28-2)18(12-15)29-3)23-26-22(27)31-14-20-24-25-21(30-20)16-8-6-5-7-9-16/h5-12H,4,13-14H2,1-3H3. The summed E-state index contributed by atoms with van der Waals surface area (Å²) < 4.78 is 18.6. The molecule has 8 nitrogen and oxygen atoms in total. The number of nitrogens with zero attached hydrogens (tertiary/aromatic N) is 5. The molecule has 0 spiro atoms. The molecule has 0 fully saturated rings. The van der Waals surface area contributed by atoms with Crippen LogP contribution in [-0.4, -0.2) is 39.2 Å². The fourth-order valence-electron chi connectivity index (χ4n) is 3.18. The third-order valence-corrected chi connectivity index (χ3v) is 5.68. The first kappa shape index (κ1) is 20.9. The fraction of sp³-hybridized carbons (Fsp3) is 0.273. The predicted molar refractivity (Wildman–Crippen MR) is 117 cm³/mol. The summed E-state index contributed by atoms with van der Waals surface area (Å²) >= 11 is 1.53. The van der Waals surface area contributed by atoms with E-state index in [2.05, 4.69) is 31.9 Å².